The van der Waals surface area contributed by atoms with Gasteiger partial charge in [0.1, 0.15) is 5.54 Å². The van der Waals surface area contributed by atoms with Crippen molar-refractivity contribution in [2.75, 3.05) is 0 Å². The summed E-state index contributed by atoms with van der Waals surface area (Å²) >= 11 is 0. The highest BCUT2D eigenvalue weighted by Gasteiger charge is 2.32. The summed E-state index contributed by atoms with van der Waals surface area (Å²) in [7, 11) is 0. The van der Waals surface area contributed by atoms with E-state index < -0.39 is 0 Å². The van der Waals surface area contributed by atoms with E-state index in [4.69, 9.17) is 0 Å². The van der Waals surface area contributed by atoms with Crippen LogP contribution in [0.25, 0.3) is 0 Å². The van der Waals surface area contributed by atoms with E-state index in [0.717, 1.165) is 6.42 Å². The van der Waals surface area contributed by atoms with Gasteiger partial charge in [-0.2, -0.15) is 5.26 Å². The van der Waals surface area contributed by atoms with Crippen LogP contribution in [-0.2, 0) is 0 Å². The summed E-state index contributed by atoms with van der Waals surface area (Å²) in [6.07, 6.45) is 7.55. The molecule has 0 saturated heterocycles. The molecule has 1 fully saturated rings. The Kier molecular flexibility index (Phi) is 4.60. The van der Waals surface area contributed by atoms with E-state index in [2.05, 4.69) is 32.2 Å². The molecule has 1 N–H and O–H groups in total. The van der Waals surface area contributed by atoms with Crippen molar-refractivity contribution >= 4 is 0 Å². The molecule has 2 atom stereocenters. The van der Waals surface area contributed by atoms with Crippen molar-refractivity contribution in [3.63, 3.8) is 0 Å². The van der Waals surface area contributed by atoms with E-state index in [-0.39, 0.29) is 5.54 Å². The van der Waals surface area contributed by atoms with Crippen LogP contribution in [0.1, 0.15) is 59.3 Å². The first-order valence-electron chi connectivity index (χ1n) is 6.31. The van der Waals surface area contributed by atoms with E-state index in [1.165, 1.54) is 32.1 Å². The van der Waals surface area contributed by atoms with Crippen LogP contribution in [0.2, 0.25) is 0 Å². The topological polar surface area (TPSA) is 35.8 Å². The van der Waals surface area contributed by atoms with Crippen LogP contribution in [-0.4, -0.2) is 11.6 Å². The largest absolute Gasteiger partial charge is 0.297 e. The Hall–Kier alpha value is -0.550. The summed E-state index contributed by atoms with van der Waals surface area (Å²) in [6, 6.07) is 3.03. The van der Waals surface area contributed by atoms with Gasteiger partial charge < -0.3 is 0 Å². The van der Waals surface area contributed by atoms with Crippen molar-refractivity contribution in [2.45, 2.75) is 70.9 Å². The van der Waals surface area contributed by atoms with Crippen molar-refractivity contribution in [1.29, 1.82) is 5.26 Å². The molecule has 2 unspecified atom stereocenters. The molecule has 1 saturated carbocycles. The summed E-state index contributed by atoms with van der Waals surface area (Å²) in [5, 5.41) is 12.9. The first-order valence-corrected chi connectivity index (χ1v) is 6.31. The smallest absolute Gasteiger partial charge is 0.106 e. The molecule has 0 amide bonds. The maximum Gasteiger partial charge on any atom is 0.106 e. The van der Waals surface area contributed by atoms with Gasteiger partial charge in [0.05, 0.1) is 6.07 Å². The van der Waals surface area contributed by atoms with Crippen molar-refractivity contribution in [3.05, 3.63) is 0 Å². The quantitative estimate of drug-likeness (QED) is 0.770. The van der Waals surface area contributed by atoms with Crippen LogP contribution in [0, 0.1) is 17.2 Å². The molecule has 0 aromatic heterocycles. The molecule has 1 rings (SSSR count). The van der Waals surface area contributed by atoms with Gasteiger partial charge in [-0.15, -0.1) is 0 Å². The Labute approximate surface area is 94.1 Å². The van der Waals surface area contributed by atoms with Crippen molar-refractivity contribution in [1.82, 2.24) is 5.32 Å². The molecule has 15 heavy (non-hydrogen) atoms. The molecule has 0 bridgehead atoms. The van der Waals surface area contributed by atoms with E-state index in [1.54, 1.807) is 0 Å². The third-order valence-electron chi connectivity index (χ3n) is 3.94. The lowest BCUT2D eigenvalue weighted by Crippen LogP contribution is -2.51. The molecule has 0 aliphatic heterocycles. The molecule has 2 nitrogen and oxygen atoms in total. The van der Waals surface area contributed by atoms with Crippen LogP contribution in [0.5, 0.6) is 0 Å². The average molecular weight is 208 g/mol. The van der Waals surface area contributed by atoms with Crippen molar-refractivity contribution in [2.24, 2.45) is 5.92 Å². The number of rotatable bonds is 4. The zero-order chi connectivity index (χ0) is 11.3. The maximum atomic E-state index is 9.30. The van der Waals surface area contributed by atoms with Gasteiger partial charge >= 0.3 is 0 Å². The second-order valence-corrected chi connectivity index (χ2v) is 5.10. The van der Waals surface area contributed by atoms with Crippen LogP contribution in [0.3, 0.4) is 0 Å². The van der Waals surface area contributed by atoms with Crippen LogP contribution < -0.4 is 5.32 Å². The van der Waals surface area contributed by atoms with Gasteiger partial charge in [0, 0.05) is 6.04 Å². The Morgan fingerprint density at radius 1 is 1.40 bits per heavy atom. The second-order valence-electron chi connectivity index (χ2n) is 5.10. The summed E-state index contributed by atoms with van der Waals surface area (Å²) < 4.78 is 0. The molecular formula is C13H24N2. The molecule has 0 radical (unpaired) electrons. The predicted molar refractivity (Wildman–Crippen MR) is 63.5 cm³/mol. The molecule has 0 spiro atoms. The van der Waals surface area contributed by atoms with Gasteiger partial charge in [0.25, 0.3) is 0 Å². The zero-order valence-corrected chi connectivity index (χ0v) is 10.3. The fourth-order valence-electron chi connectivity index (χ4n) is 2.36. The average Bonchev–Trinajstić information content (AvgIpc) is 2.29. The van der Waals surface area contributed by atoms with Crippen molar-refractivity contribution < 1.29 is 0 Å². The fourth-order valence-corrected chi connectivity index (χ4v) is 2.36. The Morgan fingerprint density at radius 3 is 2.47 bits per heavy atom. The van der Waals surface area contributed by atoms with Crippen LogP contribution in [0.4, 0.5) is 0 Å². The number of nitrogens with zero attached hydrogens (tertiary/aromatic N) is 1. The minimum Gasteiger partial charge on any atom is -0.297 e. The lowest BCUT2D eigenvalue weighted by Gasteiger charge is -2.35. The fraction of sp³-hybridized carbons (Fsp3) is 0.923. The Balaban J connectivity index is 2.55. The number of hydrogen-bond donors (Lipinski definition) is 1. The van der Waals surface area contributed by atoms with E-state index >= 15 is 0 Å². The summed E-state index contributed by atoms with van der Waals surface area (Å²) in [5.41, 5.74) is -0.337. The van der Waals surface area contributed by atoms with Gasteiger partial charge in [0.15, 0.2) is 0 Å². The first kappa shape index (κ1) is 12.5. The van der Waals surface area contributed by atoms with Gasteiger partial charge in [-0.05, 0) is 25.7 Å². The van der Waals surface area contributed by atoms with Crippen molar-refractivity contribution in [3.8, 4) is 6.07 Å². The SMILES string of the molecule is CCC(C)C(C)(C#N)NC1CCCCC1. The predicted octanol–water partition coefficient (Wildman–Crippen LogP) is 3.24. The third kappa shape index (κ3) is 3.21. The highest BCUT2D eigenvalue weighted by molar-refractivity contribution is 5.08. The lowest BCUT2D eigenvalue weighted by molar-refractivity contribution is 0.244. The monoisotopic (exact) mass is 208 g/mol. The van der Waals surface area contributed by atoms with E-state index in [0.29, 0.717) is 12.0 Å². The summed E-state index contributed by atoms with van der Waals surface area (Å²) in [5.74, 6) is 0.421. The Bertz CT molecular complexity index is 225. The lowest BCUT2D eigenvalue weighted by atomic mass is 9.84. The number of nitrogens with one attached hydrogen (secondary N) is 1. The standard InChI is InChI=1S/C13H24N2/c1-4-11(2)13(3,10-14)15-12-8-6-5-7-9-12/h11-12,15H,4-9H2,1-3H3. The highest BCUT2D eigenvalue weighted by Crippen LogP contribution is 2.24. The van der Waals surface area contributed by atoms with Gasteiger partial charge in [-0.1, -0.05) is 39.5 Å². The zero-order valence-electron chi connectivity index (χ0n) is 10.3. The highest BCUT2D eigenvalue weighted by atomic mass is 15.0. The van der Waals surface area contributed by atoms with Gasteiger partial charge in [0.2, 0.25) is 0 Å². The second kappa shape index (κ2) is 5.51. The normalized spacial score (nSPS) is 24.1. The van der Waals surface area contributed by atoms with E-state index in [1.807, 2.05) is 0 Å². The molecule has 0 aromatic carbocycles. The van der Waals surface area contributed by atoms with Crippen LogP contribution >= 0.6 is 0 Å². The van der Waals surface area contributed by atoms with E-state index in [9.17, 15) is 5.26 Å². The molecule has 2 heteroatoms. The first-order chi connectivity index (χ1) is 7.12. The molecule has 86 valence electrons. The van der Waals surface area contributed by atoms with Gasteiger partial charge in [-0.25, -0.2) is 0 Å². The molecule has 1 aliphatic carbocycles. The molecule has 1 aliphatic rings. The number of hydrogen-bond acceptors (Lipinski definition) is 2. The number of nitriles is 1. The molecule has 0 heterocycles. The minimum atomic E-state index is -0.337. The summed E-state index contributed by atoms with van der Waals surface area (Å²) in [4.78, 5) is 0. The summed E-state index contributed by atoms with van der Waals surface area (Å²) in [6.45, 7) is 6.37. The third-order valence-corrected chi connectivity index (χ3v) is 3.94. The molecule has 0 aromatic rings. The maximum absolute atomic E-state index is 9.30. The van der Waals surface area contributed by atoms with Gasteiger partial charge in [-0.3, -0.25) is 5.32 Å². The minimum absolute atomic E-state index is 0.337. The molecular weight excluding hydrogens is 184 g/mol. The van der Waals surface area contributed by atoms with Crippen LogP contribution in [0.15, 0.2) is 0 Å². The Morgan fingerprint density at radius 2 is 2.00 bits per heavy atom.